The van der Waals surface area contributed by atoms with E-state index in [-0.39, 0.29) is 16.4 Å². The Morgan fingerprint density at radius 3 is 2.46 bits per heavy atom. The van der Waals surface area contributed by atoms with E-state index in [2.05, 4.69) is 5.10 Å². The first-order valence-electron chi connectivity index (χ1n) is 3.46. The topological polar surface area (TPSA) is 34.9 Å². The Morgan fingerprint density at radius 2 is 2.15 bits per heavy atom. The molecule has 13 heavy (non-hydrogen) atoms. The number of aromatic nitrogens is 2. The van der Waals surface area contributed by atoms with Gasteiger partial charge in [0.15, 0.2) is 0 Å². The van der Waals surface area contributed by atoms with E-state index in [1.165, 1.54) is 18.7 Å². The largest absolute Gasteiger partial charge is 0.300 e. The molecule has 0 amide bonds. The van der Waals surface area contributed by atoms with Crippen LogP contribution in [-0.2, 0) is 7.05 Å². The van der Waals surface area contributed by atoms with Gasteiger partial charge in [0.25, 0.3) is 0 Å². The van der Waals surface area contributed by atoms with E-state index in [4.69, 9.17) is 11.6 Å². The second-order valence-corrected chi connectivity index (χ2v) is 2.90. The third kappa shape index (κ3) is 1.70. The van der Waals surface area contributed by atoms with Crippen molar-refractivity contribution >= 4 is 17.4 Å². The molecule has 0 bridgehead atoms. The van der Waals surface area contributed by atoms with Crippen LogP contribution in [0.1, 0.15) is 16.1 Å². The summed E-state index contributed by atoms with van der Waals surface area (Å²) in [6.45, 7) is 1.46. The molecular weight excluding hydrogens is 202 g/mol. The predicted octanol–water partition coefficient (Wildman–Crippen LogP) is 1.83. The van der Waals surface area contributed by atoms with E-state index in [0.29, 0.717) is 0 Å². The molecule has 0 N–H and O–H groups in total. The lowest BCUT2D eigenvalue weighted by Crippen LogP contribution is -2.11. The number of aryl methyl sites for hydroxylation is 2. The molecule has 0 spiro atoms. The predicted molar refractivity (Wildman–Crippen MR) is 43.3 cm³/mol. The molecule has 0 unspecified atom stereocenters. The Hall–Kier alpha value is -0.970. The number of hydrogen-bond acceptors (Lipinski definition) is 2. The molecule has 0 aliphatic carbocycles. The zero-order valence-electron chi connectivity index (χ0n) is 7.01. The minimum Gasteiger partial charge on any atom is -0.288 e. The maximum absolute atomic E-state index is 12.0. The third-order valence-electron chi connectivity index (χ3n) is 1.60. The lowest BCUT2D eigenvalue weighted by atomic mass is 10.2. The summed E-state index contributed by atoms with van der Waals surface area (Å²) in [4.78, 5) is 10.9. The summed E-state index contributed by atoms with van der Waals surface area (Å²) in [5.41, 5.74) is 0.0250. The molecule has 0 fully saturated rings. The van der Waals surface area contributed by atoms with Gasteiger partial charge in [0.1, 0.15) is 5.15 Å². The fourth-order valence-electron chi connectivity index (χ4n) is 1.02. The van der Waals surface area contributed by atoms with Crippen molar-refractivity contribution in [2.75, 3.05) is 0 Å². The summed E-state index contributed by atoms with van der Waals surface area (Å²) in [7, 11) is 1.48. The van der Waals surface area contributed by atoms with Crippen LogP contribution in [0.2, 0.25) is 5.15 Å². The fourth-order valence-corrected chi connectivity index (χ4v) is 1.29. The van der Waals surface area contributed by atoms with E-state index in [9.17, 15) is 13.6 Å². The Morgan fingerprint density at radius 1 is 1.62 bits per heavy atom. The van der Waals surface area contributed by atoms with Crippen molar-refractivity contribution in [3.8, 4) is 0 Å². The molecule has 0 atom stereocenters. The van der Waals surface area contributed by atoms with Crippen LogP contribution in [0.5, 0.6) is 0 Å². The summed E-state index contributed by atoms with van der Waals surface area (Å²) >= 11 is 5.60. The molecule has 0 aromatic carbocycles. The van der Waals surface area contributed by atoms with E-state index in [1.54, 1.807) is 0 Å². The number of rotatable bonds is 2. The van der Waals surface area contributed by atoms with Gasteiger partial charge in [-0.05, 0) is 6.92 Å². The first-order chi connectivity index (χ1) is 5.95. The van der Waals surface area contributed by atoms with Crippen LogP contribution in [-0.4, -0.2) is 22.0 Å². The van der Waals surface area contributed by atoms with Crippen molar-refractivity contribution in [3.63, 3.8) is 0 Å². The molecule has 1 rings (SSSR count). The first-order valence-corrected chi connectivity index (χ1v) is 3.84. The zero-order valence-corrected chi connectivity index (χ0v) is 7.77. The van der Waals surface area contributed by atoms with Crippen LogP contribution in [0.3, 0.4) is 0 Å². The molecule has 1 aromatic rings. The van der Waals surface area contributed by atoms with Crippen LogP contribution >= 0.6 is 11.6 Å². The van der Waals surface area contributed by atoms with E-state index >= 15 is 0 Å². The molecule has 0 aliphatic heterocycles. The number of carbonyl (C=O) groups is 1. The van der Waals surface area contributed by atoms with Gasteiger partial charge in [0.05, 0.1) is 11.3 Å². The molecule has 0 radical (unpaired) electrons. The van der Waals surface area contributed by atoms with Gasteiger partial charge >= 0.3 is 6.43 Å². The number of hydrogen-bond donors (Lipinski definition) is 0. The summed E-state index contributed by atoms with van der Waals surface area (Å²) < 4.78 is 25.3. The van der Waals surface area contributed by atoms with Gasteiger partial charge < -0.3 is 0 Å². The Bertz CT molecular complexity index is 349. The number of carbonyl (C=O) groups excluding carboxylic acids is 1. The maximum Gasteiger partial charge on any atom is 0.300 e. The molecule has 0 saturated heterocycles. The van der Waals surface area contributed by atoms with Crippen molar-refractivity contribution in [2.45, 2.75) is 13.3 Å². The highest BCUT2D eigenvalue weighted by Crippen LogP contribution is 2.21. The fraction of sp³-hybridized carbons (Fsp3) is 0.429. The Balaban J connectivity index is 3.21. The summed E-state index contributed by atoms with van der Waals surface area (Å²) in [6, 6.07) is 0. The number of alkyl halides is 2. The smallest absolute Gasteiger partial charge is 0.288 e. The molecule has 72 valence electrons. The zero-order chi connectivity index (χ0) is 10.2. The summed E-state index contributed by atoms with van der Waals surface area (Å²) in [6.07, 6.45) is -3.04. The minimum absolute atomic E-state index is 0.0530. The van der Waals surface area contributed by atoms with Gasteiger partial charge in [-0.25, -0.2) is 8.78 Å². The number of ketones is 1. The second-order valence-electron chi connectivity index (χ2n) is 2.54. The Kier molecular flexibility index (Phi) is 2.66. The molecule has 0 aliphatic rings. The molecular formula is C7H7ClF2N2O. The maximum atomic E-state index is 12.0. The van der Waals surface area contributed by atoms with Crippen LogP contribution in [0.25, 0.3) is 0 Å². The second kappa shape index (κ2) is 3.41. The highest BCUT2D eigenvalue weighted by atomic mass is 35.5. The highest BCUT2D eigenvalue weighted by Gasteiger charge is 2.25. The SMILES string of the molecule is Cc1nn(C)c(Cl)c1C(=O)C(F)F. The monoisotopic (exact) mass is 208 g/mol. The van der Waals surface area contributed by atoms with Gasteiger partial charge in [0.2, 0.25) is 5.78 Å². The van der Waals surface area contributed by atoms with Gasteiger partial charge in [-0.2, -0.15) is 5.10 Å². The van der Waals surface area contributed by atoms with Crippen molar-refractivity contribution < 1.29 is 13.6 Å². The minimum atomic E-state index is -3.04. The average Bonchev–Trinajstić information content (AvgIpc) is 2.26. The Labute approximate surface area is 78.3 Å². The molecule has 1 aromatic heterocycles. The van der Waals surface area contributed by atoms with Crippen LogP contribution in [0, 0.1) is 6.92 Å². The van der Waals surface area contributed by atoms with E-state index in [1.807, 2.05) is 0 Å². The molecule has 3 nitrogen and oxygen atoms in total. The van der Waals surface area contributed by atoms with Crippen molar-refractivity contribution in [2.24, 2.45) is 7.05 Å². The number of nitrogens with zero attached hydrogens (tertiary/aromatic N) is 2. The highest BCUT2D eigenvalue weighted by molar-refractivity contribution is 6.33. The normalized spacial score (nSPS) is 10.9. The van der Waals surface area contributed by atoms with Gasteiger partial charge in [-0.3, -0.25) is 9.48 Å². The van der Waals surface area contributed by atoms with Crippen molar-refractivity contribution in [1.82, 2.24) is 9.78 Å². The van der Waals surface area contributed by atoms with Crippen molar-refractivity contribution in [1.29, 1.82) is 0 Å². The number of Topliss-reactive ketones (excluding diaryl/α,β-unsaturated/α-hetero) is 1. The van der Waals surface area contributed by atoms with Gasteiger partial charge in [-0.15, -0.1) is 0 Å². The van der Waals surface area contributed by atoms with E-state index in [0.717, 1.165) is 0 Å². The van der Waals surface area contributed by atoms with Crippen LogP contribution in [0.4, 0.5) is 8.78 Å². The molecule has 0 saturated carbocycles. The summed E-state index contributed by atoms with van der Waals surface area (Å²) in [5.74, 6) is -1.28. The first kappa shape index (κ1) is 10.1. The quantitative estimate of drug-likeness (QED) is 0.695. The third-order valence-corrected chi connectivity index (χ3v) is 2.03. The standard InChI is InChI=1S/C7H7ClF2N2O/c1-3-4(5(13)7(9)10)6(8)12(2)11-3/h7H,1-2H3. The van der Waals surface area contributed by atoms with Gasteiger partial charge in [-0.1, -0.05) is 11.6 Å². The lowest BCUT2D eigenvalue weighted by molar-refractivity contribution is 0.0678. The van der Waals surface area contributed by atoms with Crippen LogP contribution < -0.4 is 0 Å². The molecule has 1 heterocycles. The van der Waals surface area contributed by atoms with Crippen LogP contribution in [0.15, 0.2) is 0 Å². The van der Waals surface area contributed by atoms with Gasteiger partial charge in [0, 0.05) is 7.05 Å². The van der Waals surface area contributed by atoms with E-state index < -0.39 is 12.2 Å². The summed E-state index contributed by atoms with van der Waals surface area (Å²) in [5, 5.41) is 3.69. The lowest BCUT2D eigenvalue weighted by Gasteiger charge is -1.97. The molecule has 6 heteroatoms. The van der Waals surface area contributed by atoms with Crippen molar-refractivity contribution in [3.05, 3.63) is 16.4 Å². The average molecular weight is 209 g/mol. The number of halogens is 3.